The van der Waals surface area contributed by atoms with Crippen molar-refractivity contribution < 1.29 is 8.42 Å². The van der Waals surface area contributed by atoms with Gasteiger partial charge in [-0.25, -0.2) is 0 Å². The van der Waals surface area contributed by atoms with Gasteiger partial charge in [0.2, 0.25) is 0 Å². The van der Waals surface area contributed by atoms with Crippen LogP contribution < -0.4 is 5.32 Å². The highest BCUT2D eigenvalue weighted by atomic mass is 32.2. The Balaban J connectivity index is 1.60. The number of rotatable bonds is 3. The van der Waals surface area contributed by atoms with E-state index in [0.29, 0.717) is 44.1 Å². The van der Waals surface area contributed by atoms with Crippen LogP contribution >= 0.6 is 0 Å². The topological polar surface area (TPSA) is 55.9 Å². The minimum atomic E-state index is -3.26. The first-order chi connectivity index (χ1) is 9.96. The summed E-state index contributed by atoms with van der Waals surface area (Å²) in [7, 11) is -3.26. The Hall–Kier alpha value is -0.210. The maximum absolute atomic E-state index is 12.8. The Bertz CT molecular complexity index is 448. The molecule has 1 N–H and O–H groups in total. The van der Waals surface area contributed by atoms with Crippen LogP contribution in [-0.4, -0.2) is 80.3 Å². The van der Waals surface area contributed by atoms with Crippen molar-refractivity contribution in [3.63, 3.8) is 0 Å². The van der Waals surface area contributed by atoms with Crippen LogP contribution in [0.5, 0.6) is 0 Å². The van der Waals surface area contributed by atoms with Crippen LogP contribution in [0.2, 0.25) is 0 Å². The van der Waals surface area contributed by atoms with Gasteiger partial charge in [-0.05, 0) is 18.3 Å². The number of nitrogens with zero attached hydrogens (tertiary/aromatic N) is 3. The Morgan fingerprint density at radius 2 is 1.48 bits per heavy atom. The number of hydrogen-bond acceptors (Lipinski definition) is 4. The van der Waals surface area contributed by atoms with E-state index in [1.807, 2.05) is 0 Å². The lowest BCUT2D eigenvalue weighted by Crippen LogP contribution is -2.63. The number of hydrogen-bond donors (Lipinski definition) is 1. The number of piperidine rings is 1. The molecule has 3 heterocycles. The third-order valence-corrected chi connectivity index (χ3v) is 7.01. The van der Waals surface area contributed by atoms with E-state index in [-0.39, 0.29) is 0 Å². The molecule has 0 bridgehead atoms. The molecule has 2 atom stereocenters. The molecular formula is C14H28N4O2S. The first kappa shape index (κ1) is 15.7. The fourth-order valence-corrected chi connectivity index (χ4v) is 5.63. The summed E-state index contributed by atoms with van der Waals surface area (Å²) in [5.41, 5.74) is 0. The Kier molecular flexibility index (Phi) is 4.57. The Morgan fingerprint density at radius 1 is 0.905 bits per heavy atom. The first-order valence-corrected chi connectivity index (χ1v) is 9.56. The van der Waals surface area contributed by atoms with Crippen molar-refractivity contribution in [2.75, 3.05) is 52.4 Å². The van der Waals surface area contributed by atoms with Gasteiger partial charge in [-0.3, -0.25) is 4.90 Å². The van der Waals surface area contributed by atoms with Crippen LogP contribution in [0.1, 0.15) is 20.3 Å². The van der Waals surface area contributed by atoms with Gasteiger partial charge in [0.25, 0.3) is 10.2 Å². The molecule has 122 valence electrons. The van der Waals surface area contributed by atoms with Crippen molar-refractivity contribution in [1.29, 1.82) is 0 Å². The second-order valence-corrected chi connectivity index (χ2v) is 8.95. The molecule has 0 saturated carbocycles. The molecule has 6 nitrogen and oxygen atoms in total. The molecule has 7 heteroatoms. The highest BCUT2D eigenvalue weighted by molar-refractivity contribution is 7.86. The molecule has 0 aromatic heterocycles. The molecular weight excluding hydrogens is 288 g/mol. The molecule has 2 unspecified atom stereocenters. The average Bonchev–Trinajstić information content (AvgIpc) is 2.36. The highest BCUT2D eigenvalue weighted by Crippen LogP contribution is 2.25. The molecule has 0 spiro atoms. The fourth-order valence-electron chi connectivity index (χ4n) is 3.79. The summed E-state index contributed by atoms with van der Waals surface area (Å²) in [6.45, 7) is 10.8. The van der Waals surface area contributed by atoms with Gasteiger partial charge in [0.1, 0.15) is 0 Å². The second kappa shape index (κ2) is 6.12. The van der Waals surface area contributed by atoms with E-state index < -0.39 is 10.2 Å². The summed E-state index contributed by atoms with van der Waals surface area (Å²) in [5, 5.41) is 3.28. The summed E-state index contributed by atoms with van der Waals surface area (Å²) in [6, 6.07) is 0.616. The maximum atomic E-state index is 12.8. The highest BCUT2D eigenvalue weighted by Gasteiger charge is 2.37. The summed E-state index contributed by atoms with van der Waals surface area (Å²) >= 11 is 0. The zero-order chi connectivity index (χ0) is 15.0. The van der Waals surface area contributed by atoms with Gasteiger partial charge in [-0.1, -0.05) is 13.8 Å². The van der Waals surface area contributed by atoms with Crippen LogP contribution in [0, 0.1) is 11.8 Å². The van der Waals surface area contributed by atoms with E-state index in [2.05, 4.69) is 24.1 Å². The molecule has 0 aliphatic carbocycles. The molecule has 3 fully saturated rings. The van der Waals surface area contributed by atoms with Crippen molar-refractivity contribution in [3.8, 4) is 0 Å². The lowest BCUT2D eigenvalue weighted by atomic mass is 9.94. The van der Waals surface area contributed by atoms with Crippen molar-refractivity contribution >= 4 is 10.2 Å². The minimum absolute atomic E-state index is 0.464. The van der Waals surface area contributed by atoms with E-state index in [1.165, 1.54) is 0 Å². The zero-order valence-corrected chi connectivity index (χ0v) is 14.0. The van der Waals surface area contributed by atoms with Crippen molar-refractivity contribution in [2.45, 2.75) is 26.3 Å². The normalized spacial score (nSPS) is 34.8. The van der Waals surface area contributed by atoms with E-state index in [9.17, 15) is 8.42 Å². The van der Waals surface area contributed by atoms with Crippen LogP contribution in [0.3, 0.4) is 0 Å². The summed E-state index contributed by atoms with van der Waals surface area (Å²) in [4.78, 5) is 2.42. The molecule has 0 aromatic carbocycles. The molecule has 3 aliphatic rings. The van der Waals surface area contributed by atoms with Crippen LogP contribution in [0.25, 0.3) is 0 Å². The molecule has 21 heavy (non-hydrogen) atoms. The zero-order valence-electron chi connectivity index (χ0n) is 13.2. The molecule has 0 aromatic rings. The van der Waals surface area contributed by atoms with Crippen molar-refractivity contribution in [3.05, 3.63) is 0 Å². The predicted octanol–water partition coefficient (Wildman–Crippen LogP) is -0.201. The molecule has 0 radical (unpaired) electrons. The van der Waals surface area contributed by atoms with Gasteiger partial charge in [0.15, 0.2) is 0 Å². The van der Waals surface area contributed by atoms with E-state index >= 15 is 0 Å². The van der Waals surface area contributed by atoms with Crippen molar-refractivity contribution in [2.24, 2.45) is 11.8 Å². The minimum Gasteiger partial charge on any atom is -0.314 e. The SMILES string of the molecule is CC1CC(C)CN(S(=O)(=O)N2CCN(C3CNC3)CC2)C1. The lowest BCUT2D eigenvalue weighted by Gasteiger charge is -2.44. The molecule has 3 aliphatic heterocycles. The quantitative estimate of drug-likeness (QED) is 0.783. The first-order valence-electron chi connectivity index (χ1n) is 8.17. The number of piperazine rings is 1. The number of nitrogens with one attached hydrogen (secondary N) is 1. The maximum Gasteiger partial charge on any atom is 0.282 e. The summed E-state index contributed by atoms with van der Waals surface area (Å²) in [5.74, 6) is 0.928. The van der Waals surface area contributed by atoms with Gasteiger partial charge >= 0.3 is 0 Å². The van der Waals surface area contributed by atoms with E-state index in [1.54, 1.807) is 8.61 Å². The predicted molar refractivity (Wildman–Crippen MR) is 83.2 cm³/mol. The fraction of sp³-hybridized carbons (Fsp3) is 1.00. The monoisotopic (exact) mass is 316 g/mol. The lowest BCUT2D eigenvalue weighted by molar-refractivity contribution is 0.0984. The van der Waals surface area contributed by atoms with Crippen LogP contribution in [-0.2, 0) is 10.2 Å². The van der Waals surface area contributed by atoms with Crippen molar-refractivity contribution in [1.82, 2.24) is 18.8 Å². The van der Waals surface area contributed by atoms with Gasteiger partial charge in [0, 0.05) is 58.4 Å². The smallest absolute Gasteiger partial charge is 0.282 e. The molecule has 3 saturated heterocycles. The van der Waals surface area contributed by atoms with Gasteiger partial charge < -0.3 is 5.32 Å². The van der Waals surface area contributed by atoms with Gasteiger partial charge in [-0.15, -0.1) is 0 Å². The largest absolute Gasteiger partial charge is 0.314 e. The average molecular weight is 316 g/mol. The van der Waals surface area contributed by atoms with Crippen LogP contribution in [0.4, 0.5) is 0 Å². The standard InChI is InChI=1S/C14H28N4O2S/c1-12-7-13(2)11-18(10-12)21(19,20)17-5-3-16(4-6-17)14-8-15-9-14/h12-15H,3-11H2,1-2H3. The Labute approximate surface area is 128 Å². The van der Waals surface area contributed by atoms with E-state index in [4.69, 9.17) is 0 Å². The van der Waals surface area contributed by atoms with Crippen LogP contribution in [0.15, 0.2) is 0 Å². The van der Waals surface area contributed by atoms with E-state index in [0.717, 1.165) is 32.6 Å². The summed E-state index contributed by atoms with van der Waals surface area (Å²) in [6.07, 6.45) is 1.13. The molecule has 3 rings (SSSR count). The third-order valence-electron chi connectivity index (χ3n) is 5.04. The Morgan fingerprint density at radius 3 is 1.95 bits per heavy atom. The summed E-state index contributed by atoms with van der Waals surface area (Å²) < 4.78 is 29.0. The second-order valence-electron chi connectivity index (χ2n) is 7.02. The molecule has 0 amide bonds. The van der Waals surface area contributed by atoms with Gasteiger partial charge in [-0.2, -0.15) is 17.0 Å². The third kappa shape index (κ3) is 3.27. The van der Waals surface area contributed by atoms with Gasteiger partial charge in [0.05, 0.1) is 0 Å².